The topological polar surface area (TPSA) is 0 Å². The van der Waals surface area contributed by atoms with Crippen molar-refractivity contribution in [3.05, 3.63) is 25.3 Å². The summed E-state index contributed by atoms with van der Waals surface area (Å²) in [6, 6.07) is 2.62. The Balaban J connectivity index is 3.38. The van der Waals surface area contributed by atoms with Crippen molar-refractivity contribution in [3.8, 4) is 0 Å². The fourth-order valence-corrected chi connectivity index (χ4v) is 5.78. The van der Waals surface area contributed by atoms with Crippen LogP contribution in [0.15, 0.2) is 25.3 Å². The highest BCUT2D eigenvalue weighted by atomic mass is 35.6. The van der Waals surface area contributed by atoms with E-state index in [1.807, 2.05) is 12.2 Å². The van der Waals surface area contributed by atoms with Gasteiger partial charge in [-0.3, -0.25) is 0 Å². The first-order chi connectivity index (χ1) is 10.1. The molecule has 0 bridgehead atoms. The van der Waals surface area contributed by atoms with Crippen LogP contribution in [0.1, 0.15) is 77.0 Å². The Morgan fingerprint density at radius 1 is 0.667 bits per heavy atom. The number of hydrogen-bond donors (Lipinski definition) is 0. The van der Waals surface area contributed by atoms with Crippen LogP contribution in [0.5, 0.6) is 0 Å². The predicted molar refractivity (Wildman–Crippen MR) is 103 cm³/mol. The lowest BCUT2D eigenvalue weighted by atomic mass is 10.1. The molecule has 0 atom stereocenters. The summed E-state index contributed by atoms with van der Waals surface area (Å²) < 4.78 is 0. The molecule has 0 aromatic rings. The average molecular weight is 329 g/mol. The van der Waals surface area contributed by atoms with Crippen molar-refractivity contribution in [3.63, 3.8) is 0 Å². The van der Waals surface area contributed by atoms with Crippen molar-refractivity contribution < 1.29 is 0 Å². The van der Waals surface area contributed by atoms with Gasteiger partial charge >= 0.3 is 0 Å². The maximum Gasteiger partial charge on any atom is 0.153 e. The second kappa shape index (κ2) is 14.9. The molecule has 0 aliphatic heterocycles. The normalized spacial score (nSPS) is 11.5. The number of rotatable bonds is 16. The Kier molecular flexibility index (Phi) is 14.9. The van der Waals surface area contributed by atoms with E-state index in [0.717, 1.165) is 0 Å². The Morgan fingerprint density at radius 2 is 1.00 bits per heavy atom. The molecule has 0 saturated carbocycles. The molecule has 0 unspecified atom stereocenters. The Hall–Kier alpha value is -0.0131. The van der Waals surface area contributed by atoms with Crippen LogP contribution in [0, 0.1) is 0 Å². The van der Waals surface area contributed by atoms with Crippen molar-refractivity contribution in [2.75, 3.05) is 0 Å². The highest BCUT2D eigenvalue weighted by Crippen LogP contribution is 2.27. The monoisotopic (exact) mass is 328 g/mol. The molecule has 0 aromatic heterocycles. The van der Waals surface area contributed by atoms with Gasteiger partial charge < -0.3 is 0 Å². The van der Waals surface area contributed by atoms with Gasteiger partial charge in [0.05, 0.1) is 0 Å². The molecular formula is C19H37ClSi. The average Bonchev–Trinajstić information content (AvgIpc) is 2.45. The van der Waals surface area contributed by atoms with Crippen LogP contribution in [-0.4, -0.2) is 7.38 Å². The fraction of sp³-hybridized carbons (Fsp3) is 0.789. The molecule has 0 aliphatic carbocycles. The Bertz CT molecular complexity index is 224. The summed E-state index contributed by atoms with van der Waals surface area (Å²) in [5, 5.41) is 0. The molecule has 0 aliphatic rings. The smallest absolute Gasteiger partial charge is 0.153 e. The zero-order valence-electron chi connectivity index (χ0n) is 14.3. The molecule has 0 N–H and O–H groups in total. The molecule has 0 heterocycles. The van der Waals surface area contributed by atoms with Gasteiger partial charge in [0.15, 0.2) is 7.38 Å². The van der Waals surface area contributed by atoms with Crippen LogP contribution in [0.25, 0.3) is 0 Å². The lowest BCUT2D eigenvalue weighted by Crippen LogP contribution is -2.21. The molecule has 0 spiro atoms. The first-order valence-electron chi connectivity index (χ1n) is 9.03. The van der Waals surface area contributed by atoms with Crippen molar-refractivity contribution in [2.24, 2.45) is 0 Å². The van der Waals surface area contributed by atoms with E-state index in [4.69, 9.17) is 11.1 Å². The molecule has 0 amide bonds. The number of halogens is 1. The van der Waals surface area contributed by atoms with Gasteiger partial charge in [-0.25, -0.2) is 0 Å². The molecule has 0 saturated heterocycles. The minimum atomic E-state index is -1.41. The lowest BCUT2D eigenvalue weighted by molar-refractivity contribution is 0.628. The molecule has 0 aromatic carbocycles. The molecule has 124 valence electrons. The molecule has 21 heavy (non-hydrogen) atoms. The van der Waals surface area contributed by atoms with E-state index in [0.29, 0.717) is 0 Å². The van der Waals surface area contributed by atoms with E-state index >= 15 is 0 Å². The van der Waals surface area contributed by atoms with E-state index in [2.05, 4.69) is 19.7 Å². The van der Waals surface area contributed by atoms with Gasteiger partial charge in [0.2, 0.25) is 0 Å². The standard InChI is InChI=1S/C19H37ClSi/c1-4-6-8-10-12-14-16-18-21(3,20)19-17-15-13-11-9-7-5-2/h4-5H,1-2,6-19H2,3H3. The molecular weight excluding hydrogens is 292 g/mol. The maximum atomic E-state index is 6.77. The zero-order valence-corrected chi connectivity index (χ0v) is 16.1. The third kappa shape index (κ3) is 16.2. The van der Waals surface area contributed by atoms with Gasteiger partial charge in [0.1, 0.15) is 0 Å². The van der Waals surface area contributed by atoms with Gasteiger partial charge in [0.25, 0.3) is 0 Å². The van der Waals surface area contributed by atoms with Gasteiger partial charge in [-0.1, -0.05) is 70.1 Å². The third-order valence-corrected chi connectivity index (χ3v) is 8.14. The second-order valence-electron chi connectivity index (χ2n) is 6.60. The van der Waals surface area contributed by atoms with Crippen LogP contribution in [0.2, 0.25) is 18.6 Å². The molecule has 0 rings (SSSR count). The van der Waals surface area contributed by atoms with Gasteiger partial charge in [-0.15, -0.1) is 13.2 Å². The Labute approximate surface area is 139 Å². The van der Waals surface area contributed by atoms with Crippen LogP contribution in [0.4, 0.5) is 0 Å². The SMILES string of the molecule is C=CCCCCCCC[Si](C)(Cl)CCCCCCCC=C. The van der Waals surface area contributed by atoms with Crippen LogP contribution >= 0.6 is 11.1 Å². The predicted octanol–water partition coefficient (Wildman–Crippen LogP) is 7.85. The van der Waals surface area contributed by atoms with E-state index in [9.17, 15) is 0 Å². The lowest BCUT2D eigenvalue weighted by Gasteiger charge is -2.19. The summed E-state index contributed by atoms with van der Waals surface area (Å²) in [5.74, 6) is 0. The molecule has 0 nitrogen and oxygen atoms in total. The van der Waals surface area contributed by atoms with E-state index in [1.165, 1.54) is 89.1 Å². The summed E-state index contributed by atoms with van der Waals surface area (Å²) in [6.07, 6.45) is 19.9. The number of allylic oxidation sites excluding steroid dienone is 2. The highest BCUT2D eigenvalue weighted by Gasteiger charge is 2.22. The van der Waals surface area contributed by atoms with Gasteiger partial charge in [0, 0.05) is 0 Å². The Morgan fingerprint density at radius 3 is 1.38 bits per heavy atom. The molecule has 0 radical (unpaired) electrons. The minimum absolute atomic E-state index is 1.18. The number of hydrogen-bond acceptors (Lipinski definition) is 0. The van der Waals surface area contributed by atoms with Gasteiger partial charge in [-0.05, 0) is 37.8 Å². The quantitative estimate of drug-likeness (QED) is 0.117. The van der Waals surface area contributed by atoms with Crippen molar-refractivity contribution in [1.29, 1.82) is 0 Å². The van der Waals surface area contributed by atoms with E-state index in [-0.39, 0.29) is 0 Å². The summed E-state index contributed by atoms with van der Waals surface area (Å²) >= 11 is 6.77. The van der Waals surface area contributed by atoms with Crippen LogP contribution in [0.3, 0.4) is 0 Å². The van der Waals surface area contributed by atoms with Crippen molar-refractivity contribution in [1.82, 2.24) is 0 Å². The van der Waals surface area contributed by atoms with E-state index in [1.54, 1.807) is 0 Å². The van der Waals surface area contributed by atoms with Crippen molar-refractivity contribution in [2.45, 2.75) is 95.7 Å². The maximum absolute atomic E-state index is 6.77. The number of unbranched alkanes of at least 4 members (excludes halogenated alkanes) is 10. The van der Waals surface area contributed by atoms with Crippen LogP contribution < -0.4 is 0 Å². The summed E-state index contributed by atoms with van der Waals surface area (Å²) in [4.78, 5) is 0. The van der Waals surface area contributed by atoms with E-state index < -0.39 is 7.38 Å². The molecule has 0 fully saturated rings. The third-order valence-electron chi connectivity index (χ3n) is 4.21. The fourth-order valence-electron chi connectivity index (χ4n) is 2.75. The first-order valence-corrected chi connectivity index (χ1v) is 13.0. The zero-order chi connectivity index (χ0) is 15.8. The second-order valence-corrected chi connectivity index (χ2v) is 13.2. The summed E-state index contributed by atoms with van der Waals surface area (Å²) in [6.45, 7) is 9.90. The van der Waals surface area contributed by atoms with Gasteiger partial charge in [-0.2, -0.15) is 11.1 Å². The van der Waals surface area contributed by atoms with Crippen LogP contribution in [-0.2, 0) is 0 Å². The summed E-state index contributed by atoms with van der Waals surface area (Å²) in [5.41, 5.74) is 0. The largest absolute Gasteiger partial charge is 0.167 e. The molecule has 2 heteroatoms. The summed E-state index contributed by atoms with van der Waals surface area (Å²) in [7, 11) is -1.41. The highest BCUT2D eigenvalue weighted by molar-refractivity contribution is 7.19. The minimum Gasteiger partial charge on any atom is -0.167 e. The first kappa shape index (κ1) is 21.0. The van der Waals surface area contributed by atoms with Crippen molar-refractivity contribution >= 4 is 18.5 Å².